The molecule has 64 heavy (non-hydrogen) atoms. The van der Waals surface area contributed by atoms with Gasteiger partial charge in [0, 0.05) is 43.7 Å². The summed E-state index contributed by atoms with van der Waals surface area (Å²) in [5, 5.41) is 12.9. The Labute approximate surface area is 372 Å². The molecule has 0 aliphatic heterocycles. The van der Waals surface area contributed by atoms with Crippen LogP contribution in [0.2, 0.25) is 0 Å². The first-order chi connectivity index (χ1) is 31.8. The fraction of sp³-hybridized carbons (Fsp3) is 0. The molecule has 3 aromatic heterocycles. The smallest absolute Gasteiger partial charge is 0.179 e. The molecule has 0 radical (unpaired) electrons. The van der Waals surface area contributed by atoms with Crippen molar-refractivity contribution >= 4 is 94.2 Å². The lowest BCUT2D eigenvalue weighted by molar-refractivity contribution is 1.13. The molecule has 0 saturated carbocycles. The number of rotatable bonds is 7. The first-order valence-electron chi connectivity index (χ1n) is 22.1. The molecule has 0 bridgehead atoms. The minimum Gasteiger partial charge on any atom is -0.309 e. The van der Waals surface area contributed by atoms with E-state index < -0.39 is 8.07 Å². The number of fused-ring (bicyclic) bond motifs is 9. The average Bonchev–Trinajstić information content (AvgIpc) is 4.01. The Balaban J connectivity index is 1.02. The van der Waals surface area contributed by atoms with E-state index in [2.05, 4.69) is 262 Å². The van der Waals surface area contributed by atoms with Crippen LogP contribution in [-0.2, 0) is 0 Å². The Morgan fingerprint density at radius 1 is 0.234 bits per heavy atom. The largest absolute Gasteiger partial charge is 0.309 e. The molecule has 0 N–H and O–H groups in total. The van der Waals surface area contributed by atoms with Crippen LogP contribution in [0.25, 0.3) is 82.5 Å². The van der Waals surface area contributed by atoms with E-state index in [-0.39, 0.29) is 0 Å². The van der Waals surface area contributed by atoms with Crippen molar-refractivity contribution in [3.63, 3.8) is 0 Å². The molecule has 10 aromatic carbocycles. The molecule has 3 heterocycles. The number of para-hydroxylation sites is 5. The Hall–Kier alpha value is -8.18. The van der Waals surface area contributed by atoms with Gasteiger partial charge in [0.2, 0.25) is 0 Å². The molecule has 13 rings (SSSR count). The Kier molecular flexibility index (Phi) is 8.23. The molecule has 0 amide bonds. The van der Waals surface area contributed by atoms with Gasteiger partial charge in [-0.3, -0.25) is 0 Å². The summed E-state index contributed by atoms with van der Waals surface area (Å²) in [6.45, 7) is 0. The van der Waals surface area contributed by atoms with Crippen LogP contribution < -0.4 is 20.7 Å². The lowest BCUT2D eigenvalue weighted by Gasteiger charge is -2.34. The summed E-state index contributed by atoms with van der Waals surface area (Å²) in [5.74, 6) is 0. The van der Waals surface area contributed by atoms with Gasteiger partial charge in [0.25, 0.3) is 0 Å². The van der Waals surface area contributed by atoms with Crippen LogP contribution in [0.1, 0.15) is 0 Å². The topological polar surface area (TPSA) is 14.8 Å². The van der Waals surface area contributed by atoms with E-state index in [1.54, 1.807) is 0 Å². The van der Waals surface area contributed by atoms with E-state index >= 15 is 0 Å². The third-order valence-electron chi connectivity index (χ3n) is 13.6. The minimum atomic E-state index is -2.67. The first kappa shape index (κ1) is 36.5. The van der Waals surface area contributed by atoms with Gasteiger partial charge in [0.05, 0.1) is 38.8 Å². The number of benzene rings is 10. The highest BCUT2D eigenvalue weighted by atomic mass is 28.3. The van der Waals surface area contributed by atoms with E-state index in [4.69, 9.17) is 0 Å². The minimum absolute atomic E-state index is 1.13. The van der Waals surface area contributed by atoms with E-state index in [9.17, 15) is 0 Å². The highest BCUT2D eigenvalue weighted by molar-refractivity contribution is 7.19. The Morgan fingerprint density at radius 3 is 1.14 bits per heavy atom. The molecular weight excluding hydrogens is 791 g/mol. The maximum atomic E-state index is 2.49. The van der Waals surface area contributed by atoms with Crippen LogP contribution in [0.5, 0.6) is 0 Å². The molecular formula is C60H41N3Si. The van der Waals surface area contributed by atoms with E-state index in [1.807, 2.05) is 0 Å². The molecule has 0 unspecified atom stereocenters. The third kappa shape index (κ3) is 5.27. The van der Waals surface area contributed by atoms with Crippen LogP contribution in [0, 0.1) is 0 Å². The van der Waals surface area contributed by atoms with Gasteiger partial charge in [-0.2, -0.15) is 0 Å². The zero-order chi connectivity index (χ0) is 42.2. The normalized spacial score (nSPS) is 12.1. The molecule has 300 valence electrons. The summed E-state index contributed by atoms with van der Waals surface area (Å²) < 4.78 is 7.40. The van der Waals surface area contributed by atoms with E-state index in [0.29, 0.717) is 0 Å². The van der Waals surface area contributed by atoms with Crippen LogP contribution in [0.4, 0.5) is 0 Å². The maximum Gasteiger partial charge on any atom is 0.179 e. The lowest BCUT2D eigenvalue weighted by atomic mass is 10.1. The molecule has 0 fully saturated rings. The number of hydrogen-bond acceptors (Lipinski definition) is 0. The molecule has 4 heteroatoms. The van der Waals surface area contributed by atoms with Gasteiger partial charge in [0.1, 0.15) is 0 Å². The molecule has 3 nitrogen and oxygen atoms in total. The summed E-state index contributed by atoms with van der Waals surface area (Å²) in [5.41, 5.74) is 10.6. The fourth-order valence-corrected chi connectivity index (χ4v) is 15.7. The highest BCUT2D eigenvalue weighted by Gasteiger charge is 2.41. The van der Waals surface area contributed by atoms with Crippen molar-refractivity contribution in [2.75, 3.05) is 0 Å². The first-order valence-corrected chi connectivity index (χ1v) is 24.1. The second-order valence-electron chi connectivity index (χ2n) is 16.8. The third-order valence-corrected chi connectivity index (χ3v) is 18.4. The monoisotopic (exact) mass is 831 g/mol. The van der Waals surface area contributed by atoms with Crippen LogP contribution >= 0.6 is 0 Å². The summed E-state index contributed by atoms with van der Waals surface area (Å²) in [7, 11) is -2.67. The predicted octanol–water partition coefficient (Wildman–Crippen LogP) is 12.4. The lowest BCUT2D eigenvalue weighted by Crippen LogP contribution is -2.74. The van der Waals surface area contributed by atoms with Gasteiger partial charge in [-0.05, 0) is 81.4 Å². The summed E-state index contributed by atoms with van der Waals surface area (Å²) in [6.07, 6.45) is 0. The van der Waals surface area contributed by atoms with Crippen molar-refractivity contribution in [3.05, 3.63) is 249 Å². The van der Waals surface area contributed by atoms with Crippen molar-refractivity contribution in [1.82, 2.24) is 13.7 Å². The average molecular weight is 832 g/mol. The SMILES string of the molecule is c1ccc([Si](c2ccccc2)(c2ccccc2)c2ccc(-n3c4ccccc4c4cc(-n5c6ccccc6c6cccc(-n7c8ccccc8c8ccccc87)c65)ccc43)cc2)cc1. The highest BCUT2D eigenvalue weighted by Crippen LogP contribution is 2.41. The molecule has 0 spiro atoms. The van der Waals surface area contributed by atoms with Crippen LogP contribution in [0.3, 0.4) is 0 Å². The number of nitrogens with zero attached hydrogens (tertiary/aromatic N) is 3. The zero-order valence-corrected chi connectivity index (χ0v) is 36.0. The van der Waals surface area contributed by atoms with Crippen molar-refractivity contribution in [2.24, 2.45) is 0 Å². The molecule has 0 saturated heterocycles. The maximum absolute atomic E-state index is 2.67. The number of aromatic nitrogens is 3. The van der Waals surface area contributed by atoms with Gasteiger partial charge in [-0.25, -0.2) is 0 Å². The molecule has 0 atom stereocenters. The van der Waals surface area contributed by atoms with Gasteiger partial charge in [0.15, 0.2) is 8.07 Å². The van der Waals surface area contributed by atoms with Crippen molar-refractivity contribution < 1.29 is 0 Å². The Bertz CT molecular complexity index is 3730. The number of hydrogen-bond donors (Lipinski definition) is 0. The fourth-order valence-electron chi connectivity index (χ4n) is 10.9. The van der Waals surface area contributed by atoms with Crippen molar-refractivity contribution in [1.29, 1.82) is 0 Å². The van der Waals surface area contributed by atoms with Crippen molar-refractivity contribution in [2.45, 2.75) is 0 Å². The summed E-state index contributed by atoms with van der Waals surface area (Å²) in [4.78, 5) is 0. The standard InChI is InChI=1S/C60H41N3Si/c1-4-19-44(20-5-1)64(45-21-6-2-7-22-45,46-23-8-3-9-24-46)47-38-35-42(36-39-47)61-54-30-14-13-28-51(54)53-41-43(37-40-58(53)61)62-55-31-15-12-27-50(55)52-29-18-34-59(60(52)62)63-56-32-16-10-25-48(56)49-26-11-17-33-57(49)63/h1-41H. The second kappa shape index (κ2) is 14.5. The van der Waals surface area contributed by atoms with Crippen LogP contribution in [-0.4, -0.2) is 21.8 Å². The van der Waals surface area contributed by atoms with Gasteiger partial charge in [-0.1, -0.05) is 188 Å². The molecule has 0 aliphatic rings. The summed E-state index contributed by atoms with van der Waals surface area (Å²) in [6, 6.07) is 92.1. The predicted molar refractivity (Wildman–Crippen MR) is 273 cm³/mol. The quantitative estimate of drug-likeness (QED) is 0.112. The van der Waals surface area contributed by atoms with Gasteiger partial charge >= 0.3 is 0 Å². The Morgan fingerprint density at radius 2 is 0.609 bits per heavy atom. The molecule has 0 aliphatic carbocycles. The second-order valence-corrected chi connectivity index (χ2v) is 20.7. The summed E-state index contributed by atoms with van der Waals surface area (Å²) >= 11 is 0. The van der Waals surface area contributed by atoms with Crippen LogP contribution in [0.15, 0.2) is 249 Å². The molecule has 13 aromatic rings. The van der Waals surface area contributed by atoms with Gasteiger partial charge < -0.3 is 13.7 Å². The van der Waals surface area contributed by atoms with E-state index in [1.165, 1.54) is 86.2 Å². The zero-order valence-electron chi connectivity index (χ0n) is 35.0. The van der Waals surface area contributed by atoms with Gasteiger partial charge in [-0.15, -0.1) is 0 Å². The van der Waals surface area contributed by atoms with E-state index in [0.717, 1.165) is 17.1 Å². The van der Waals surface area contributed by atoms with Crippen molar-refractivity contribution in [3.8, 4) is 17.1 Å².